The number of nitrogens with one attached hydrogen (secondary N) is 1. The second-order valence-electron chi connectivity index (χ2n) is 6.39. The fraction of sp³-hybridized carbons (Fsp3) is 0.611. The number of aryl methyl sites for hydroxylation is 2. The number of likely N-dealkylation sites (tertiary alicyclic amines) is 1. The first kappa shape index (κ1) is 16.0. The summed E-state index contributed by atoms with van der Waals surface area (Å²) in [5.74, 6) is 0.412. The van der Waals surface area contributed by atoms with E-state index >= 15 is 0 Å². The molecule has 1 aliphatic rings. The maximum Gasteiger partial charge on any atom is 0.223 e. The zero-order valence-electron chi connectivity index (χ0n) is 13.8. The highest BCUT2D eigenvalue weighted by Crippen LogP contribution is 2.22. The van der Waals surface area contributed by atoms with Crippen LogP contribution in [0.1, 0.15) is 48.9 Å². The first-order valence-corrected chi connectivity index (χ1v) is 8.07. The number of carbonyl (C=O) groups is 1. The average Bonchev–Trinajstić information content (AvgIpc) is 2.48. The molecule has 21 heavy (non-hydrogen) atoms. The number of amides is 1. The van der Waals surface area contributed by atoms with Crippen molar-refractivity contribution < 1.29 is 4.79 Å². The van der Waals surface area contributed by atoms with Gasteiger partial charge in [0, 0.05) is 5.92 Å². The van der Waals surface area contributed by atoms with Crippen molar-refractivity contribution in [3.05, 3.63) is 34.9 Å². The fourth-order valence-corrected chi connectivity index (χ4v) is 2.96. The van der Waals surface area contributed by atoms with Gasteiger partial charge >= 0.3 is 0 Å². The smallest absolute Gasteiger partial charge is 0.223 e. The lowest BCUT2D eigenvalue weighted by Crippen LogP contribution is -2.40. The van der Waals surface area contributed by atoms with E-state index in [1.807, 2.05) is 0 Å². The number of hydrogen-bond acceptors (Lipinski definition) is 2. The van der Waals surface area contributed by atoms with E-state index in [1.54, 1.807) is 0 Å². The molecule has 1 amide bonds. The summed E-state index contributed by atoms with van der Waals surface area (Å²) in [5, 5.41) is 3.26. The maximum atomic E-state index is 12.5. The molecule has 1 aliphatic heterocycles. The van der Waals surface area contributed by atoms with Crippen LogP contribution in [0, 0.1) is 19.8 Å². The third-order valence-electron chi connectivity index (χ3n) is 4.75. The quantitative estimate of drug-likeness (QED) is 0.922. The molecule has 0 unspecified atom stereocenters. The van der Waals surface area contributed by atoms with Gasteiger partial charge < -0.3 is 10.2 Å². The van der Waals surface area contributed by atoms with Crippen LogP contribution < -0.4 is 5.32 Å². The maximum absolute atomic E-state index is 12.5. The minimum atomic E-state index is 0.136. The Morgan fingerprint density at radius 3 is 2.52 bits per heavy atom. The lowest BCUT2D eigenvalue weighted by Gasteiger charge is -2.29. The van der Waals surface area contributed by atoms with Gasteiger partial charge in [0.1, 0.15) is 0 Å². The molecule has 0 spiro atoms. The predicted molar refractivity (Wildman–Crippen MR) is 87.3 cm³/mol. The molecule has 3 nitrogen and oxygen atoms in total. The van der Waals surface area contributed by atoms with Crippen molar-refractivity contribution in [3.63, 3.8) is 0 Å². The SMILES string of the molecule is CC[C@@H](NC(=O)C1CCN(C)CC1)c1ccc(C)c(C)c1. The Morgan fingerprint density at radius 2 is 1.95 bits per heavy atom. The highest BCUT2D eigenvalue weighted by atomic mass is 16.1. The topological polar surface area (TPSA) is 32.3 Å². The van der Waals surface area contributed by atoms with Crippen molar-refractivity contribution in [1.29, 1.82) is 0 Å². The summed E-state index contributed by atoms with van der Waals surface area (Å²) in [4.78, 5) is 14.8. The molecule has 1 heterocycles. The summed E-state index contributed by atoms with van der Waals surface area (Å²) in [6, 6.07) is 6.63. The van der Waals surface area contributed by atoms with E-state index in [-0.39, 0.29) is 17.9 Å². The second-order valence-corrected chi connectivity index (χ2v) is 6.39. The van der Waals surface area contributed by atoms with Crippen molar-refractivity contribution in [2.45, 2.75) is 46.1 Å². The number of nitrogens with zero attached hydrogens (tertiary/aromatic N) is 1. The van der Waals surface area contributed by atoms with E-state index in [1.165, 1.54) is 16.7 Å². The zero-order chi connectivity index (χ0) is 15.4. The number of benzene rings is 1. The number of carbonyl (C=O) groups excluding carboxylic acids is 1. The molecule has 2 rings (SSSR count). The van der Waals surface area contributed by atoms with Gasteiger partial charge in [0.05, 0.1) is 6.04 Å². The Hall–Kier alpha value is -1.35. The van der Waals surface area contributed by atoms with Crippen LogP contribution in [-0.4, -0.2) is 30.9 Å². The van der Waals surface area contributed by atoms with Gasteiger partial charge in [0.15, 0.2) is 0 Å². The Morgan fingerprint density at radius 1 is 1.29 bits per heavy atom. The van der Waals surface area contributed by atoms with Crippen LogP contribution in [0.3, 0.4) is 0 Å². The van der Waals surface area contributed by atoms with Crippen LogP contribution >= 0.6 is 0 Å². The van der Waals surface area contributed by atoms with Crippen LogP contribution in [0.25, 0.3) is 0 Å². The molecule has 1 atom stereocenters. The predicted octanol–water partition coefficient (Wildman–Crippen LogP) is 3.21. The van der Waals surface area contributed by atoms with E-state index in [2.05, 4.69) is 56.2 Å². The number of piperidine rings is 1. The van der Waals surface area contributed by atoms with E-state index in [4.69, 9.17) is 0 Å². The van der Waals surface area contributed by atoms with Gasteiger partial charge in [-0.3, -0.25) is 4.79 Å². The van der Waals surface area contributed by atoms with Crippen LogP contribution in [0.15, 0.2) is 18.2 Å². The van der Waals surface area contributed by atoms with Crippen LogP contribution in [0.5, 0.6) is 0 Å². The molecule has 3 heteroatoms. The second kappa shape index (κ2) is 7.08. The number of rotatable bonds is 4. The fourth-order valence-electron chi connectivity index (χ4n) is 2.96. The Balaban J connectivity index is 2.01. The third-order valence-corrected chi connectivity index (χ3v) is 4.75. The van der Waals surface area contributed by atoms with Gasteiger partial charge in [-0.2, -0.15) is 0 Å². The molecule has 0 aliphatic carbocycles. The molecule has 1 aromatic rings. The Labute approximate surface area is 128 Å². The van der Waals surface area contributed by atoms with E-state index in [0.29, 0.717) is 0 Å². The van der Waals surface area contributed by atoms with Crippen molar-refractivity contribution in [1.82, 2.24) is 10.2 Å². The summed E-state index contributed by atoms with van der Waals surface area (Å²) in [5.41, 5.74) is 3.82. The summed E-state index contributed by atoms with van der Waals surface area (Å²) in [6.45, 7) is 8.44. The first-order chi connectivity index (χ1) is 10.0. The van der Waals surface area contributed by atoms with Gasteiger partial charge in [0.25, 0.3) is 0 Å². The van der Waals surface area contributed by atoms with Crippen LogP contribution in [0.4, 0.5) is 0 Å². The molecule has 116 valence electrons. The highest BCUT2D eigenvalue weighted by Gasteiger charge is 2.25. The molecule has 0 aromatic heterocycles. The van der Waals surface area contributed by atoms with Crippen LogP contribution in [-0.2, 0) is 4.79 Å². The Kier molecular flexibility index (Phi) is 5.40. The van der Waals surface area contributed by atoms with E-state index in [0.717, 1.165) is 32.4 Å². The van der Waals surface area contributed by atoms with E-state index in [9.17, 15) is 4.79 Å². The van der Waals surface area contributed by atoms with E-state index < -0.39 is 0 Å². The van der Waals surface area contributed by atoms with Crippen molar-refractivity contribution >= 4 is 5.91 Å². The van der Waals surface area contributed by atoms with Crippen LogP contribution in [0.2, 0.25) is 0 Å². The minimum absolute atomic E-state index is 0.136. The monoisotopic (exact) mass is 288 g/mol. The highest BCUT2D eigenvalue weighted by molar-refractivity contribution is 5.79. The zero-order valence-corrected chi connectivity index (χ0v) is 13.8. The van der Waals surface area contributed by atoms with Gasteiger partial charge in [-0.15, -0.1) is 0 Å². The average molecular weight is 288 g/mol. The molecular formula is C18H28N2O. The molecule has 0 bridgehead atoms. The first-order valence-electron chi connectivity index (χ1n) is 8.07. The molecule has 1 N–H and O–H groups in total. The summed E-state index contributed by atoms with van der Waals surface area (Å²) in [6.07, 6.45) is 2.89. The third kappa shape index (κ3) is 4.07. The normalized spacial score (nSPS) is 18.5. The van der Waals surface area contributed by atoms with Gasteiger partial charge in [0.2, 0.25) is 5.91 Å². The largest absolute Gasteiger partial charge is 0.349 e. The molecule has 1 saturated heterocycles. The summed E-state index contributed by atoms with van der Waals surface area (Å²) < 4.78 is 0. The molecule has 1 aromatic carbocycles. The lowest BCUT2D eigenvalue weighted by molar-refractivity contribution is -0.127. The number of hydrogen-bond donors (Lipinski definition) is 1. The molecule has 0 saturated carbocycles. The van der Waals surface area contributed by atoms with Crippen molar-refractivity contribution in [2.24, 2.45) is 5.92 Å². The standard InChI is InChI=1S/C18H28N2O/c1-5-17(16-7-6-13(2)14(3)12-16)19-18(21)15-8-10-20(4)11-9-15/h6-7,12,15,17H,5,8-11H2,1-4H3,(H,19,21)/t17-/m1/s1. The summed E-state index contributed by atoms with van der Waals surface area (Å²) >= 11 is 0. The van der Waals surface area contributed by atoms with Crippen molar-refractivity contribution in [2.75, 3.05) is 20.1 Å². The summed E-state index contributed by atoms with van der Waals surface area (Å²) in [7, 11) is 2.12. The van der Waals surface area contributed by atoms with Gasteiger partial charge in [-0.05, 0) is 69.9 Å². The van der Waals surface area contributed by atoms with Gasteiger partial charge in [-0.1, -0.05) is 25.1 Å². The molecular weight excluding hydrogens is 260 g/mol. The minimum Gasteiger partial charge on any atom is -0.349 e. The van der Waals surface area contributed by atoms with Gasteiger partial charge in [-0.25, -0.2) is 0 Å². The van der Waals surface area contributed by atoms with Crippen molar-refractivity contribution in [3.8, 4) is 0 Å². The lowest BCUT2D eigenvalue weighted by atomic mass is 9.94. The Bertz CT molecular complexity index is 490. The molecule has 0 radical (unpaired) electrons. The molecule has 1 fully saturated rings.